The van der Waals surface area contributed by atoms with Crippen LogP contribution < -0.4 is 10.6 Å². The van der Waals surface area contributed by atoms with Gasteiger partial charge in [0.1, 0.15) is 17.3 Å². The molecule has 0 spiro atoms. The number of carbonyl (C=O) groups excluding carboxylic acids is 1. The van der Waals surface area contributed by atoms with Crippen molar-refractivity contribution in [3.05, 3.63) is 83.6 Å². The van der Waals surface area contributed by atoms with Crippen molar-refractivity contribution in [3.8, 4) is 0 Å². The van der Waals surface area contributed by atoms with Crippen molar-refractivity contribution < 1.29 is 9.18 Å². The van der Waals surface area contributed by atoms with E-state index in [0.29, 0.717) is 18.1 Å². The van der Waals surface area contributed by atoms with Gasteiger partial charge in [0.25, 0.3) is 5.91 Å². The molecule has 0 saturated heterocycles. The zero-order valence-electron chi connectivity index (χ0n) is 13.7. The van der Waals surface area contributed by atoms with Crippen LogP contribution in [0.15, 0.2) is 60.9 Å². The molecule has 0 radical (unpaired) electrons. The molecule has 2 aromatic carbocycles. The molecule has 1 aromatic heterocycles. The molecule has 0 bridgehead atoms. The third-order valence-electron chi connectivity index (χ3n) is 3.58. The normalized spacial score (nSPS) is 10.3. The van der Waals surface area contributed by atoms with Gasteiger partial charge < -0.3 is 10.6 Å². The third kappa shape index (κ3) is 4.60. The molecule has 3 rings (SSSR count). The highest BCUT2D eigenvalue weighted by Crippen LogP contribution is 2.11. The fraction of sp³-hybridized carbons (Fsp3) is 0.105. The monoisotopic (exact) mass is 336 g/mol. The second-order valence-electron chi connectivity index (χ2n) is 5.59. The van der Waals surface area contributed by atoms with E-state index in [2.05, 4.69) is 20.6 Å². The van der Waals surface area contributed by atoms with Crippen LogP contribution in [0.25, 0.3) is 0 Å². The molecule has 3 aromatic rings. The summed E-state index contributed by atoms with van der Waals surface area (Å²) in [7, 11) is 0. The Morgan fingerprint density at radius 2 is 1.72 bits per heavy atom. The van der Waals surface area contributed by atoms with Crippen LogP contribution in [0.4, 0.5) is 15.9 Å². The molecule has 126 valence electrons. The number of benzene rings is 2. The molecular weight excluding hydrogens is 319 g/mol. The quantitative estimate of drug-likeness (QED) is 0.744. The SMILES string of the molecule is Cc1ccc(CNc2cnc(C(=O)Nc3ccc(F)cc3)cn2)cc1. The molecule has 0 atom stereocenters. The molecule has 1 amide bonds. The van der Waals surface area contributed by atoms with Gasteiger partial charge in [0.05, 0.1) is 12.4 Å². The van der Waals surface area contributed by atoms with Crippen molar-refractivity contribution in [2.24, 2.45) is 0 Å². The Morgan fingerprint density at radius 3 is 2.36 bits per heavy atom. The summed E-state index contributed by atoms with van der Waals surface area (Å²) in [6.07, 6.45) is 2.91. The zero-order valence-corrected chi connectivity index (χ0v) is 13.7. The number of hydrogen-bond acceptors (Lipinski definition) is 4. The molecular formula is C19H17FN4O. The van der Waals surface area contributed by atoms with Gasteiger partial charge in [-0.1, -0.05) is 29.8 Å². The number of halogens is 1. The first-order valence-corrected chi connectivity index (χ1v) is 7.78. The van der Waals surface area contributed by atoms with Gasteiger partial charge in [-0.15, -0.1) is 0 Å². The molecule has 0 aliphatic carbocycles. The summed E-state index contributed by atoms with van der Waals surface area (Å²) in [4.78, 5) is 20.4. The van der Waals surface area contributed by atoms with Crippen molar-refractivity contribution >= 4 is 17.4 Å². The molecule has 0 unspecified atom stereocenters. The van der Waals surface area contributed by atoms with Crippen molar-refractivity contribution in [1.82, 2.24) is 9.97 Å². The van der Waals surface area contributed by atoms with E-state index >= 15 is 0 Å². The number of aryl methyl sites for hydroxylation is 1. The molecule has 25 heavy (non-hydrogen) atoms. The van der Waals surface area contributed by atoms with Gasteiger partial charge in [0.2, 0.25) is 0 Å². The Balaban J connectivity index is 1.58. The number of anilines is 2. The van der Waals surface area contributed by atoms with Gasteiger partial charge in [0, 0.05) is 12.2 Å². The number of nitrogens with one attached hydrogen (secondary N) is 2. The van der Waals surface area contributed by atoms with E-state index in [1.54, 1.807) is 0 Å². The largest absolute Gasteiger partial charge is 0.365 e. The van der Waals surface area contributed by atoms with Crippen molar-refractivity contribution in [1.29, 1.82) is 0 Å². The maximum atomic E-state index is 12.9. The van der Waals surface area contributed by atoms with Gasteiger partial charge in [-0.05, 0) is 36.8 Å². The second-order valence-corrected chi connectivity index (χ2v) is 5.59. The summed E-state index contributed by atoms with van der Waals surface area (Å²) in [5.41, 5.74) is 3.02. The molecule has 0 aliphatic rings. The van der Waals surface area contributed by atoms with E-state index in [1.165, 1.54) is 42.2 Å². The Morgan fingerprint density at radius 1 is 1.00 bits per heavy atom. The van der Waals surface area contributed by atoms with Gasteiger partial charge >= 0.3 is 0 Å². The number of amides is 1. The van der Waals surface area contributed by atoms with Gasteiger partial charge in [0.15, 0.2) is 0 Å². The lowest BCUT2D eigenvalue weighted by atomic mass is 10.1. The second kappa shape index (κ2) is 7.53. The predicted molar refractivity (Wildman–Crippen MR) is 94.9 cm³/mol. The van der Waals surface area contributed by atoms with Crippen LogP contribution in [0.1, 0.15) is 21.6 Å². The number of carbonyl (C=O) groups is 1. The average Bonchev–Trinajstić information content (AvgIpc) is 2.63. The molecule has 6 heteroatoms. The van der Waals surface area contributed by atoms with E-state index < -0.39 is 5.91 Å². The zero-order chi connectivity index (χ0) is 17.6. The first kappa shape index (κ1) is 16.6. The highest BCUT2D eigenvalue weighted by atomic mass is 19.1. The van der Waals surface area contributed by atoms with Gasteiger partial charge in [-0.3, -0.25) is 4.79 Å². The van der Waals surface area contributed by atoms with Crippen LogP contribution in [0.5, 0.6) is 0 Å². The van der Waals surface area contributed by atoms with Crippen LogP contribution in [0, 0.1) is 12.7 Å². The lowest BCUT2D eigenvalue weighted by molar-refractivity contribution is 0.102. The Bertz CT molecular complexity index is 846. The standard InChI is InChI=1S/C19H17FN4O/c1-13-2-4-14(5-3-13)10-22-18-12-21-17(11-23-18)19(25)24-16-8-6-15(20)7-9-16/h2-9,11-12H,10H2,1H3,(H,22,23)(H,24,25). The third-order valence-corrected chi connectivity index (χ3v) is 3.58. The number of rotatable bonds is 5. The van der Waals surface area contributed by atoms with Crippen molar-refractivity contribution in [3.63, 3.8) is 0 Å². The van der Waals surface area contributed by atoms with Gasteiger partial charge in [-0.25, -0.2) is 14.4 Å². The molecule has 0 saturated carbocycles. The minimum absolute atomic E-state index is 0.185. The fourth-order valence-electron chi connectivity index (χ4n) is 2.16. The van der Waals surface area contributed by atoms with E-state index in [0.717, 1.165) is 5.56 Å². The molecule has 1 heterocycles. The van der Waals surface area contributed by atoms with E-state index in [4.69, 9.17) is 0 Å². The molecule has 0 aliphatic heterocycles. The fourth-order valence-corrected chi connectivity index (χ4v) is 2.16. The first-order valence-electron chi connectivity index (χ1n) is 7.78. The van der Waals surface area contributed by atoms with Crippen molar-refractivity contribution in [2.45, 2.75) is 13.5 Å². The molecule has 0 fully saturated rings. The van der Waals surface area contributed by atoms with E-state index in [1.807, 2.05) is 31.2 Å². The lowest BCUT2D eigenvalue weighted by Gasteiger charge is -2.07. The smallest absolute Gasteiger partial charge is 0.275 e. The van der Waals surface area contributed by atoms with Crippen LogP contribution >= 0.6 is 0 Å². The summed E-state index contributed by atoms with van der Waals surface area (Å²) >= 11 is 0. The summed E-state index contributed by atoms with van der Waals surface area (Å²) in [6.45, 7) is 2.66. The Kier molecular flexibility index (Phi) is 4.99. The summed E-state index contributed by atoms with van der Waals surface area (Å²) in [5.74, 6) is -0.176. The maximum Gasteiger partial charge on any atom is 0.275 e. The first-order chi connectivity index (χ1) is 12.1. The minimum atomic E-state index is -0.399. The maximum absolute atomic E-state index is 12.9. The van der Waals surface area contributed by atoms with E-state index in [-0.39, 0.29) is 11.5 Å². The van der Waals surface area contributed by atoms with Crippen LogP contribution in [-0.4, -0.2) is 15.9 Å². The predicted octanol–water partition coefficient (Wildman–Crippen LogP) is 3.79. The Hall–Kier alpha value is -3.28. The number of hydrogen-bond donors (Lipinski definition) is 2. The number of nitrogens with zero attached hydrogens (tertiary/aromatic N) is 2. The van der Waals surface area contributed by atoms with Crippen LogP contribution in [0.2, 0.25) is 0 Å². The summed E-state index contributed by atoms with van der Waals surface area (Å²) in [6, 6.07) is 13.7. The van der Waals surface area contributed by atoms with Gasteiger partial charge in [-0.2, -0.15) is 0 Å². The Labute approximate surface area is 145 Å². The summed E-state index contributed by atoms with van der Waals surface area (Å²) < 4.78 is 12.9. The molecule has 5 nitrogen and oxygen atoms in total. The van der Waals surface area contributed by atoms with Crippen LogP contribution in [0.3, 0.4) is 0 Å². The number of aromatic nitrogens is 2. The highest BCUT2D eigenvalue weighted by molar-refractivity contribution is 6.02. The van der Waals surface area contributed by atoms with E-state index in [9.17, 15) is 9.18 Å². The highest BCUT2D eigenvalue weighted by Gasteiger charge is 2.08. The summed E-state index contributed by atoms with van der Waals surface area (Å²) in [5, 5.41) is 5.79. The lowest BCUT2D eigenvalue weighted by Crippen LogP contribution is -2.14. The van der Waals surface area contributed by atoms with Crippen molar-refractivity contribution in [2.75, 3.05) is 10.6 Å². The van der Waals surface area contributed by atoms with Crippen LogP contribution in [-0.2, 0) is 6.54 Å². The minimum Gasteiger partial charge on any atom is -0.365 e. The topological polar surface area (TPSA) is 66.9 Å². The molecule has 2 N–H and O–H groups in total. The average molecular weight is 336 g/mol.